The van der Waals surface area contributed by atoms with Crippen LogP contribution in [0.25, 0.3) is 11.3 Å². The standard InChI is InChI=1S/C35H44N6O5/c1-24(2)15-19-41-23-31(42)37-35(16-7-11-25-9-4-5-13-28(25)35)34(45)36-17-20-40(18-8-14-32(41)43)33(44)30-22-29(38-39-30)26-10-6-12-27(21-26)46-3/h4-6,9-10,12-13,21-22,24H,7-8,11,14-20,23H2,1-3H3,(H,36,45)(H,37,42)(H,38,39). The van der Waals surface area contributed by atoms with Crippen LogP contribution in [0.3, 0.4) is 0 Å². The van der Waals surface area contributed by atoms with Crippen molar-refractivity contribution in [3.63, 3.8) is 0 Å². The minimum Gasteiger partial charge on any atom is -0.497 e. The first kappa shape index (κ1) is 32.7. The molecule has 4 amide bonds. The van der Waals surface area contributed by atoms with Crippen LogP contribution in [0, 0.1) is 5.92 Å². The number of fused-ring (bicyclic) bond motifs is 2. The highest BCUT2D eigenvalue weighted by molar-refractivity contribution is 5.95. The lowest BCUT2D eigenvalue weighted by molar-refractivity contribution is -0.139. The number of nitrogens with zero attached hydrogens (tertiary/aromatic N) is 3. The molecule has 0 bridgehead atoms. The smallest absolute Gasteiger partial charge is 0.271 e. The number of benzene rings is 2. The van der Waals surface area contributed by atoms with Gasteiger partial charge in [-0.2, -0.15) is 5.10 Å². The fraction of sp³-hybridized carbons (Fsp3) is 0.457. The average molecular weight is 629 g/mol. The van der Waals surface area contributed by atoms with E-state index in [9.17, 15) is 19.2 Å². The maximum Gasteiger partial charge on any atom is 0.271 e. The van der Waals surface area contributed by atoms with Crippen molar-refractivity contribution in [2.75, 3.05) is 39.8 Å². The second kappa shape index (κ2) is 14.6. The molecule has 244 valence electrons. The minimum absolute atomic E-state index is 0.132. The van der Waals surface area contributed by atoms with Crippen molar-refractivity contribution in [2.45, 2.75) is 57.9 Å². The van der Waals surface area contributed by atoms with E-state index in [-0.39, 0.29) is 49.7 Å². The van der Waals surface area contributed by atoms with Crippen LogP contribution in [0.4, 0.5) is 0 Å². The monoisotopic (exact) mass is 628 g/mol. The van der Waals surface area contributed by atoms with Crippen molar-refractivity contribution in [3.8, 4) is 17.0 Å². The van der Waals surface area contributed by atoms with Crippen molar-refractivity contribution in [1.29, 1.82) is 0 Å². The lowest BCUT2D eigenvalue weighted by atomic mass is 9.75. The Labute approximate surface area is 270 Å². The van der Waals surface area contributed by atoms with Gasteiger partial charge in [0, 0.05) is 38.2 Å². The van der Waals surface area contributed by atoms with E-state index < -0.39 is 5.54 Å². The van der Waals surface area contributed by atoms with Crippen LogP contribution in [0.1, 0.15) is 67.6 Å². The molecule has 2 aromatic carbocycles. The highest BCUT2D eigenvalue weighted by atomic mass is 16.5. The van der Waals surface area contributed by atoms with E-state index in [0.717, 1.165) is 36.0 Å². The Morgan fingerprint density at radius 2 is 1.85 bits per heavy atom. The minimum atomic E-state index is -1.27. The SMILES string of the molecule is COc1cccc(-c2cc(C(=O)N3CCCC(=O)N(CCC(C)C)CC(=O)NC4(CCCc5ccccc54)C(=O)NCC3)[nH]n2)c1. The second-order valence-corrected chi connectivity index (χ2v) is 12.5. The predicted molar refractivity (Wildman–Crippen MR) is 174 cm³/mol. The molecule has 1 aromatic heterocycles. The molecule has 11 heteroatoms. The van der Waals surface area contributed by atoms with Crippen LogP contribution in [-0.4, -0.2) is 83.5 Å². The summed E-state index contributed by atoms with van der Waals surface area (Å²) in [6.45, 7) is 5.14. The quantitative estimate of drug-likeness (QED) is 0.381. The third-order valence-electron chi connectivity index (χ3n) is 8.83. The molecular weight excluding hydrogens is 584 g/mol. The number of hydrogen-bond acceptors (Lipinski definition) is 6. The number of methoxy groups -OCH3 is 1. The Hall–Kier alpha value is -4.67. The molecule has 3 N–H and O–H groups in total. The van der Waals surface area contributed by atoms with E-state index in [1.165, 1.54) is 0 Å². The van der Waals surface area contributed by atoms with Crippen molar-refractivity contribution >= 4 is 23.6 Å². The van der Waals surface area contributed by atoms with Crippen LogP contribution in [0.5, 0.6) is 5.75 Å². The molecule has 2 aliphatic rings. The van der Waals surface area contributed by atoms with E-state index in [0.29, 0.717) is 49.0 Å². The second-order valence-electron chi connectivity index (χ2n) is 12.5. The molecule has 1 aliphatic heterocycles. The molecule has 1 aliphatic carbocycles. The highest BCUT2D eigenvalue weighted by Crippen LogP contribution is 2.36. The number of amides is 4. The van der Waals surface area contributed by atoms with Gasteiger partial charge in [0.2, 0.25) is 11.8 Å². The van der Waals surface area contributed by atoms with E-state index in [1.807, 2.05) is 48.5 Å². The summed E-state index contributed by atoms with van der Waals surface area (Å²) in [6, 6.07) is 16.8. The number of carbonyl (C=O) groups is 4. The summed E-state index contributed by atoms with van der Waals surface area (Å²) in [5.41, 5.74) is 2.22. The van der Waals surface area contributed by atoms with E-state index in [1.54, 1.807) is 23.0 Å². The van der Waals surface area contributed by atoms with Gasteiger partial charge in [0.1, 0.15) is 17.0 Å². The van der Waals surface area contributed by atoms with Gasteiger partial charge in [-0.1, -0.05) is 50.2 Å². The zero-order valence-corrected chi connectivity index (χ0v) is 26.9. The van der Waals surface area contributed by atoms with Crippen LogP contribution >= 0.6 is 0 Å². The predicted octanol–water partition coefficient (Wildman–Crippen LogP) is 3.66. The topological polar surface area (TPSA) is 137 Å². The Morgan fingerprint density at radius 1 is 1.02 bits per heavy atom. The Kier molecular flexibility index (Phi) is 10.4. The number of aromatic amines is 1. The maximum absolute atomic E-state index is 14.1. The number of hydrogen-bond donors (Lipinski definition) is 3. The molecule has 0 saturated carbocycles. The fourth-order valence-corrected chi connectivity index (χ4v) is 6.29. The molecule has 1 fully saturated rings. The summed E-state index contributed by atoms with van der Waals surface area (Å²) in [5, 5.41) is 13.3. The third-order valence-corrected chi connectivity index (χ3v) is 8.83. The molecule has 46 heavy (non-hydrogen) atoms. The van der Waals surface area contributed by atoms with Gasteiger partial charge in [0.25, 0.3) is 11.8 Å². The largest absolute Gasteiger partial charge is 0.497 e. The summed E-state index contributed by atoms with van der Waals surface area (Å²) in [6.07, 6.45) is 3.31. The fourth-order valence-electron chi connectivity index (χ4n) is 6.29. The van der Waals surface area contributed by atoms with Gasteiger partial charge in [0.15, 0.2) is 0 Å². The molecule has 11 nitrogen and oxygen atoms in total. The molecule has 3 aromatic rings. The zero-order chi connectivity index (χ0) is 32.7. The first-order valence-corrected chi connectivity index (χ1v) is 16.1. The molecule has 1 saturated heterocycles. The number of rotatable bonds is 6. The van der Waals surface area contributed by atoms with Gasteiger partial charge >= 0.3 is 0 Å². The molecule has 2 heterocycles. The van der Waals surface area contributed by atoms with Gasteiger partial charge < -0.3 is 25.2 Å². The average Bonchev–Trinajstić information content (AvgIpc) is 3.56. The first-order valence-electron chi connectivity index (χ1n) is 16.1. The van der Waals surface area contributed by atoms with Crippen LogP contribution in [-0.2, 0) is 26.3 Å². The third kappa shape index (κ3) is 7.41. The lowest BCUT2D eigenvalue weighted by Gasteiger charge is -2.39. The molecule has 1 unspecified atom stereocenters. The van der Waals surface area contributed by atoms with Gasteiger partial charge in [-0.15, -0.1) is 0 Å². The van der Waals surface area contributed by atoms with Gasteiger partial charge in [-0.05, 0) is 67.3 Å². The molecule has 5 rings (SSSR count). The zero-order valence-electron chi connectivity index (χ0n) is 26.9. The number of aryl methyl sites for hydroxylation is 1. The number of carbonyl (C=O) groups excluding carboxylic acids is 4. The van der Waals surface area contributed by atoms with Gasteiger partial charge in [-0.25, -0.2) is 0 Å². The summed E-state index contributed by atoms with van der Waals surface area (Å²) < 4.78 is 5.33. The number of H-pyrrole nitrogens is 1. The Bertz CT molecular complexity index is 1570. The Morgan fingerprint density at radius 3 is 2.65 bits per heavy atom. The van der Waals surface area contributed by atoms with Crippen molar-refractivity contribution in [1.82, 2.24) is 30.6 Å². The van der Waals surface area contributed by atoms with Gasteiger partial charge in [-0.3, -0.25) is 24.3 Å². The van der Waals surface area contributed by atoms with E-state index in [2.05, 4.69) is 34.7 Å². The lowest BCUT2D eigenvalue weighted by Crippen LogP contribution is -2.60. The normalized spacial score (nSPS) is 19.8. The molecule has 0 radical (unpaired) electrons. The van der Waals surface area contributed by atoms with Crippen molar-refractivity contribution in [2.24, 2.45) is 5.92 Å². The summed E-state index contributed by atoms with van der Waals surface area (Å²) >= 11 is 0. The number of ether oxygens (including phenoxy) is 1. The number of aromatic nitrogens is 2. The van der Waals surface area contributed by atoms with E-state index in [4.69, 9.17) is 4.74 Å². The van der Waals surface area contributed by atoms with Crippen LogP contribution in [0.15, 0.2) is 54.6 Å². The van der Waals surface area contributed by atoms with Gasteiger partial charge in [0.05, 0.1) is 19.3 Å². The number of nitrogens with one attached hydrogen (secondary N) is 3. The summed E-state index contributed by atoms with van der Waals surface area (Å²) in [4.78, 5) is 58.1. The Balaban J connectivity index is 1.41. The molecular formula is C35H44N6O5. The first-order chi connectivity index (χ1) is 22.2. The highest BCUT2D eigenvalue weighted by Gasteiger charge is 2.44. The van der Waals surface area contributed by atoms with E-state index >= 15 is 0 Å². The molecule has 1 atom stereocenters. The van der Waals surface area contributed by atoms with Crippen LogP contribution in [0.2, 0.25) is 0 Å². The maximum atomic E-state index is 14.1. The van der Waals surface area contributed by atoms with Crippen LogP contribution < -0.4 is 15.4 Å². The summed E-state index contributed by atoms with van der Waals surface area (Å²) in [5.74, 6) is -0.0812. The summed E-state index contributed by atoms with van der Waals surface area (Å²) in [7, 11) is 1.59. The van der Waals surface area contributed by atoms with Crippen molar-refractivity contribution in [3.05, 3.63) is 71.4 Å². The van der Waals surface area contributed by atoms with Crippen molar-refractivity contribution < 1.29 is 23.9 Å². The molecule has 1 spiro atoms.